The average Bonchev–Trinajstić information content (AvgIpc) is 2.92. The van der Waals surface area contributed by atoms with Gasteiger partial charge in [0, 0.05) is 24.2 Å². The maximum Gasteiger partial charge on any atom is 0.394 e. The lowest BCUT2D eigenvalue weighted by atomic mass is 9.96. The summed E-state index contributed by atoms with van der Waals surface area (Å²) in [5.74, 6) is -6.35. The van der Waals surface area contributed by atoms with Crippen molar-refractivity contribution in [2.45, 2.75) is 20.0 Å². The number of aryl methyl sites for hydroxylation is 1. The van der Waals surface area contributed by atoms with Crippen molar-refractivity contribution < 1.29 is 32.7 Å². The van der Waals surface area contributed by atoms with E-state index in [1.165, 1.54) is 25.1 Å². The van der Waals surface area contributed by atoms with Gasteiger partial charge in [-0.1, -0.05) is 6.07 Å². The number of ketones is 1. The molecule has 1 aromatic rings. The zero-order valence-corrected chi connectivity index (χ0v) is 13.1. The second kappa shape index (κ2) is 6.26. The zero-order valence-electron chi connectivity index (χ0n) is 13.1. The van der Waals surface area contributed by atoms with Crippen LogP contribution >= 0.6 is 0 Å². The minimum atomic E-state index is -4.70. The van der Waals surface area contributed by atoms with E-state index in [0.717, 1.165) is 4.90 Å². The van der Waals surface area contributed by atoms with Gasteiger partial charge in [0.1, 0.15) is 0 Å². The predicted molar refractivity (Wildman–Crippen MR) is 77.8 cm³/mol. The van der Waals surface area contributed by atoms with Gasteiger partial charge in [0.25, 0.3) is 5.91 Å². The second-order valence-corrected chi connectivity index (χ2v) is 5.89. The number of carbonyl (C=O) groups is 3. The van der Waals surface area contributed by atoms with Gasteiger partial charge in [-0.3, -0.25) is 14.4 Å². The minimum absolute atomic E-state index is 0.0674. The number of carboxylic acid groups (broad SMARTS) is 1. The Balaban J connectivity index is 2.29. The quantitative estimate of drug-likeness (QED) is 0.856. The number of carbonyl (C=O) groups excluding carboxylic acids is 2. The summed E-state index contributed by atoms with van der Waals surface area (Å²) >= 11 is 0. The van der Waals surface area contributed by atoms with Crippen molar-refractivity contribution in [3.05, 3.63) is 34.9 Å². The Labute approximate surface area is 136 Å². The molecule has 2 rings (SSSR count). The van der Waals surface area contributed by atoms with E-state index in [0.29, 0.717) is 11.1 Å². The van der Waals surface area contributed by atoms with Gasteiger partial charge in [-0.2, -0.15) is 13.2 Å². The molecule has 0 saturated carbocycles. The Kier molecular flexibility index (Phi) is 4.68. The molecule has 1 heterocycles. The van der Waals surface area contributed by atoms with Gasteiger partial charge in [0.15, 0.2) is 5.78 Å². The number of hydrogen-bond donors (Lipinski definition) is 1. The van der Waals surface area contributed by atoms with Crippen LogP contribution in [0.3, 0.4) is 0 Å². The largest absolute Gasteiger partial charge is 0.481 e. The summed E-state index contributed by atoms with van der Waals surface area (Å²) in [4.78, 5) is 35.9. The smallest absolute Gasteiger partial charge is 0.394 e. The zero-order chi connectivity index (χ0) is 18.2. The Hall–Kier alpha value is -2.38. The van der Waals surface area contributed by atoms with Crippen molar-refractivity contribution in [2.75, 3.05) is 13.1 Å². The van der Waals surface area contributed by atoms with Gasteiger partial charge in [-0.15, -0.1) is 0 Å². The molecule has 5 nitrogen and oxygen atoms in total. The second-order valence-electron chi connectivity index (χ2n) is 5.89. The predicted octanol–water partition coefficient (Wildman–Crippen LogP) is 2.53. The van der Waals surface area contributed by atoms with E-state index in [2.05, 4.69) is 0 Å². The van der Waals surface area contributed by atoms with Crippen LogP contribution in [0.5, 0.6) is 0 Å². The SMILES string of the molecule is CC(=O)c1cc(C(=O)N2C[C@@H](C(F)(F)F)[C@H](C(=O)O)C2)ccc1C. The molecule has 0 aromatic heterocycles. The maximum absolute atomic E-state index is 13.0. The monoisotopic (exact) mass is 343 g/mol. The Bertz CT molecular complexity index is 699. The van der Waals surface area contributed by atoms with Gasteiger partial charge in [0.05, 0.1) is 11.8 Å². The number of halogens is 3. The van der Waals surface area contributed by atoms with Crippen LogP contribution in [0.25, 0.3) is 0 Å². The number of nitrogens with zero attached hydrogens (tertiary/aromatic N) is 1. The number of benzene rings is 1. The van der Waals surface area contributed by atoms with Gasteiger partial charge in [-0.25, -0.2) is 0 Å². The Morgan fingerprint density at radius 1 is 1.21 bits per heavy atom. The molecule has 8 heteroatoms. The highest BCUT2D eigenvalue weighted by atomic mass is 19.4. The fourth-order valence-electron chi connectivity index (χ4n) is 2.87. The van der Waals surface area contributed by atoms with Gasteiger partial charge in [-0.05, 0) is 31.5 Å². The highest BCUT2D eigenvalue weighted by molar-refractivity contribution is 6.00. The van der Waals surface area contributed by atoms with Crippen LogP contribution in [0.4, 0.5) is 13.2 Å². The topological polar surface area (TPSA) is 74.7 Å². The van der Waals surface area contributed by atoms with Crippen LogP contribution in [0.1, 0.15) is 33.2 Å². The summed E-state index contributed by atoms with van der Waals surface area (Å²) in [7, 11) is 0. The van der Waals surface area contributed by atoms with E-state index in [9.17, 15) is 27.6 Å². The lowest BCUT2D eigenvalue weighted by Gasteiger charge is -2.18. The number of amides is 1. The number of rotatable bonds is 3. The van der Waals surface area contributed by atoms with Gasteiger partial charge in [0.2, 0.25) is 0 Å². The molecule has 1 amide bonds. The highest BCUT2D eigenvalue weighted by Gasteiger charge is 2.53. The summed E-state index contributed by atoms with van der Waals surface area (Å²) in [5, 5.41) is 8.99. The molecule has 0 radical (unpaired) electrons. The van der Waals surface area contributed by atoms with Crippen molar-refractivity contribution in [1.29, 1.82) is 0 Å². The summed E-state index contributed by atoms with van der Waals surface area (Å²) in [5.41, 5.74) is 1.03. The van der Waals surface area contributed by atoms with Crippen LogP contribution in [0.2, 0.25) is 0 Å². The summed E-state index contributed by atoms with van der Waals surface area (Å²) in [6.07, 6.45) is -4.70. The molecule has 1 aliphatic heterocycles. The number of alkyl halides is 3. The molecule has 2 atom stereocenters. The van der Waals surface area contributed by atoms with E-state index >= 15 is 0 Å². The standard InChI is InChI=1S/C16H16F3NO4/c1-8-3-4-10(5-11(8)9(2)21)14(22)20-6-12(15(23)24)13(7-20)16(17,18)19/h3-5,12-13H,6-7H2,1-2H3,(H,23,24)/t12-,13-/m1/s1. The van der Waals surface area contributed by atoms with Crippen molar-refractivity contribution in [3.8, 4) is 0 Å². The summed E-state index contributed by atoms with van der Waals surface area (Å²) in [6.45, 7) is 1.79. The van der Waals surface area contributed by atoms with Gasteiger partial charge >= 0.3 is 12.1 Å². The molecule has 130 valence electrons. The molecule has 1 saturated heterocycles. The van der Waals surface area contributed by atoms with Crippen LogP contribution in [0, 0.1) is 18.8 Å². The number of aliphatic carboxylic acids is 1. The summed E-state index contributed by atoms with van der Waals surface area (Å²) < 4.78 is 39.0. The van der Waals surface area contributed by atoms with Crippen LogP contribution in [-0.2, 0) is 4.79 Å². The average molecular weight is 343 g/mol. The van der Waals surface area contributed by atoms with E-state index in [1.54, 1.807) is 6.92 Å². The normalized spacial score (nSPS) is 21.0. The molecule has 0 bridgehead atoms. The number of hydrogen-bond acceptors (Lipinski definition) is 3. The Morgan fingerprint density at radius 3 is 2.29 bits per heavy atom. The highest BCUT2D eigenvalue weighted by Crippen LogP contribution is 2.38. The molecule has 24 heavy (non-hydrogen) atoms. The third-order valence-corrected chi connectivity index (χ3v) is 4.21. The molecule has 1 aliphatic rings. The van der Waals surface area contributed by atoms with E-state index < -0.39 is 43.0 Å². The Morgan fingerprint density at radius 2 is 1.83 bits per heavy atom. The first-order chi connectivity index (χ1) is 11.0. The first-order valence-electron chi connectivity index (χ1n) is 7.22. The fraction of sp³-hybridized carbons (Fsp3) is 0.438. The summed E-state index contributed by atoms with van der Waals surface area (Å²) in [6, 6.07) is 4.29. The number of carboxylic acids is 1. The van der Waals surface area contributed by atoms with Crippen LogP contribution < -0.4 is 0 Å². The van der Waals surface area contributed by atoms with Crippen molar-refractivity contribution in [3.63, 3.8) is 0 Å². The van der Waals surface area contributed by atoms with Crippen molar-refractivity contribution >= 4 is 17.7 Å². The van der Waals surface area contributed by atoms with Crippen molar-refractivity contribution in [2.24, 2.45) is 11.8 Å². The lowest BCUT2D eigenvalue weighted by Crippen LogP contribution is -2.34. The molecule has 0 spiro atoms. The molecule has 1 fully saturated rings. The fourth-order valence-corrected chi connectivity index (χ4v) is 2.87. The lowest BCUT2D eigenvalue weighted by molar-refractivity contribution is -0.187. The molecule has 1 aromatic carbocycles. The minimum Gasteiger partial charge on any atom is -0.481 e. The first-order valence-corrected chi connectivity index (χ1v) is 7.22. The molecular formula is C16H16F3NO4. The number of Topliss-reactive ketones (excluding diaryl/α,β-unsaturated/α-hetero) is 1. The van der Waals surface area contributed by atoms with Crippen LogP contribution in [-0.4, -0.2) is 46.9 Å². The van der Waals surface area contributed by atoms with E-state index in [1.807, 2.05) is 0 Å². The molecule has 0 aliphatic carbocycles. The van der Waals surface area contributed by atoms with Crippen molar-refractivity contribution in [1.82, 2.24) is 4.90 Å². The molecular weight excluding hydrogens is 327 g/mol. The first kappa shape index (κ1) is 18.0. The van der Waals surface area contributed by atoms with E-state index in [4.69, 9.17) is 5.11 Å². The van der Waals surface area contributed by atoms with Crippen LogP contribution in [0.15, 0.2) is 18.2 Å². The molecule has 1 N–H and O–H groups in total. The molecule has 0 unspecified atom stereocenters. The third-order valence-electron chi connectivity index (χ3n) is 4.21. The maximum atomic E-state index is 13.0. The third kappa shape index (κ3) is 3.42. The number of likely N-dealkylation sites (tertiary alicyclic amines) is 1. The van der Waals surface area contributed by atoms with Gasteiger partial charge < -0.3 is 10.0 Å². The van der Waals surface area contributed by atoms with E-state index in [-0.39, 0.29) is 11.3 Å².